The quantitative estimate of drug-likeness (QED) is 0.397. The van der Waals surface area contributed by atoms with Crippen LogP contribution in [0.1, 0.15) is 26.4 Å². The highest BCUT2D eigenvalue weighted by molar-refractivity contribution is 7.71. The third-order valence-electron chi connectivity index (χ3n) is 4.64. The van der Waals surface area contributed by atoms with Gasteiger partial charge in [0.1, 0.15) is 5.75 Å². The van der Waals surface area contributed by atoms with E-state index in [0.717, 1.165) is 5.69 Å². The number of phenolic OH excluding ortho intramolecular Hbond substituents is 1. The normalized spacial score (nSPS) is 10.9. The van der Waals surface area contributed by atoms with Gasteiger partial charge in [-0.25, -0.2) is 9.78 Å². The summed E-state index contributed by atoms with van der Waals surface area (Å²) in [4.78, 5) is 29.2. The summed E-state index contributed by atoms with van der Waals surface area (Å²) in [6.07, 6.45) is 0. The maximum Gasteiger partial charge on any atom is 0.355 e. The van der Waals surface area contributed by atoms with E-state index in [1.54, 1.807) is 28.3 Å². The first-order valence-corrected chi connectivity index (χ1v) is 9.05. The number of aromatic nitrogens is 3. The molecule has 2 N–H and O–H groups in total. The number of hydrogen-bond acceptors (Lipinski definition) is 5. The van der Waals surface area contributed by atoms with E-state index in [1.807, 2.05) is 30.3 Å². The van der Waals surface area contributed by atoms with E-state index < -0.39 is 17.4 Å². The minimum Gasteiger partial charge on any atom is -0.507 e. The molecule has 0 unspecified atom stereocenters. The highest BCUT2D eigenvalue weighted by atomic mass is 32.1. The Morgan fingerprint density at radius 1 is 1.00 bits per heavy atom. The Kier molecular flexibility index (Phi) is 4.48. The smallest absolute Gasteiger partial charge is 0.355 e. The van der Waals surface area contributed by atoms with E-state index in [4.69, 9.17) is 12.2 Å². The molecule has 0 amide bonds. The Morgan fingerprint density at radius 2 is 1.66 bits per heavy atom. The number of aromatic carboxylic acids is 1. The maximum atomic E-state index is 13.0. The van der Waals surface area contributed by atoms with Crippen molar-refractivity contribution in [2.24, 2.45) is 7.05 Å². The number of para-hydroxylation sites is 2. The van der Waals surface area contributed by atoms with Crippen molar-refractivity contribution in [1.82, 2.24) is 14.1 Å². The monoisotopic (exact) mass is 405 g/mol. The fraction of sp³-hybridized carbons (Fsp3) is 0.0476. The van der Waals surface area contributed by atoms with Gasteiger partial charge in [0.05, 0.1) is 16.6 Å². The number of rotatable bonds is 4. The van der Waals surface area contributed by atoms with Crippen LogP contribution in [0, 0.1) is 4.77 Å². The number of carbonyl (C=O) groups excluding carboxylic acids is 1. The van der Waals surface area contributed by atoms with E-state index in [2.05, 4.69) is 4.98 Å². The molecule has 0 bridgehead atoms. The molecule has 4 aromatic rings. The number of ketones is 1. The van der Waals surface area contributed by atoms with Crippen LogP contribution in [-0.2, 0) is 7.05 Å². The Hall–Kier alpha value is -3.78. The van der Waals surface area contributed by atoms with E-state index in [0.29, 0.717) is 15.9 Å². The summed E-state index contributed by atoms with van der Waals surface area (Å²) in [6, 6.07) is 16.6. The number of imidazole rings is 1. The van der Waals surface area contributed by atoms with Gasteiger partial charge in [0.25, 0.3) is 0 Å². The first-order chi connectivity index (χ1) is 13.9. The van der Waals surface area contributed by atoms with Crippen molar-refractivity contribution in [3.63, 3.8) is 0 Å². The van der Waals surface area contributed by atoms with Crippen molar-refractivity contribution >= 4 is 35.1 Å². The van der Waals surface area contributed by atoms with Crippen LogP contribution in [-0.4, -0.2) is 36.1 Å². The molecule has 144 valence electrons. The molecule has 0 saturated heterocycles. The maximum absolute atomic E-state index is 13.0. The third kappa shape index (κ3) is 2.99. The average molecular weight is 405 g/mol. The number of fused-ring (bicyclic) bond motifs is 1. The second-order valence-electron chi connectivity index (χ2n) is 6.39. The Labute approximate surface area is 170 Å². The van der Waals surface area contributed by atoms with Gasteiger partial charge in [-0.15, -0.1) is 0 Å². The second-order valence-corrected chi connectivity index (χ2v) is 6.76. The summed E-state index contributed by atoms with van der Waals surface area (Å²) >= 11 is 5.52. The lowest BCUT2D eigenvalue weighted by Crippen LogP contribution is -2.13. The largest absolute Gasteiger partial charge is 0.507 e. The van der Waals surface area contributed by atoms with Crippen LogP contribution in [0.3, 0.4) is 0 Å². The molecule has 4 rings (SSSR count). The predicted molar refractivity (Wildman–Crippen MR) is 109 cm³/mol. The highest BCUT2D eigenvalue weighted by Gasteiger charge is 2.25. The minimum atomic E-state index is -1.35. The van der Waals surface area contributed by atoms with Crippen LogP contribution in [0.15, 0.2) is 60.7 Å². The Morgan fingerprint density at radius 3 is 2.31 bits per heavy atom. The molecular weight excluding hydrogens is 390 g/mol. The second kappa shape index (κ2) is 6.99. The lowest BCUT2D eigenvalue weighted by atomic mass is 10.0. The molecule has 2 aromatic carbocycles. The number of benzene rings is 2. The van der Waals surface area contributed by atoms with Crippen molar-refractivity contribution in [1.29, 1.82) is 0 Å². The van der Waals surface area contributed by atoms with E-state index >= 15 is 0 Å². The molecule has 0 saturated carbocycles. The fourth-order valence-electron chi connectivity index (χ4n) is 3.20. The van der Waals surface area contributed by atoms with Crippen LogP contribution in [0.4, 0.5) is 0 Å². The van der Waals surface area contributed by atoms with Gasteiger partial charge < -0.3 is 14.8 Å². The number of hydrogen-bond donors (Lipinski definition) is 2. The van der Waals surface area contributed by atoms with E-state index in [9.17, 15) is 19.8 Å². The Bertz CT molecular complexity index is 1340. The van der Waals surface area contributed by atoms with Gasteiger partial charge in [-0.05, 0) is 42.5 Å². The molecule has 0 fully saturated rings. The van der Waals surface area contributed by atoms with Crippen LogP contribution in [0.25, 0.3) is 16.9 Å². The molecule has 7 nitrogen and oxygen atoms in total. The van der Waals surface area contributed by atoms with Crippen LogP contribution < -0.4 is 0 Å². The molecule has 0 aliphatic heterocycles. The predicted octanol–water partition coefficient (Wildman–Crippen LogP) is 3.73. The molecular formula is C21H15N3O4S. The lowest BCUT2D eigenvalue weighted by Gasteiger charge is -2.08. The lowest BCUT2D eigenvalue weighted by molar-refractivity contribution is 0.0686. The third-order valence-corrected chi connectivity index (χ3v) is 5.10. The molecule has 0 atom stereocenters. The molecule has 2 heterocycles. The zero-order valence-electron chi connectivity index (χ0n) is 15.2. The van der Waals surface area contributed by atoms with E-state index in [-0.39, 0.29) is 16.9 Å². The van der Waals surface area contributed by atoms with Gasteiger partial charge in [0.15, 0.2) is 21.9 Å². The standard InChI is InChI=1S/C21H15N3O4S/c1-23-15-11-14(18(26)13-9-5-6-10-16(13)25)17(20(27)28)22-19(15)24(21(23)29)12-7-3-2-4-8-12/h2-11,25H,1H3,(H,27,28). The van der Waals surface area contributed by atoms with Gasteiger partial charge >= 0.3 is 5.97 Å². The summed E-state index contributed by atoms with van der Waals surface area (Å²) in [5.41, 5.74) is 1.03. The number of pyridine rings is 1. The van der Waals surface area contributed by atoms with Crippen molar-refractivity contribution in [3.05, 3.63) is 82.3 Å². The van der Waals surface area contributed by atoms with Gasteiger partial charge in [-0.3, -0.25) is 9.36 Å². The van der Waals surface area contributed by atoms with E-state index in [1.165, 1.54) is 18.2 Å². The van der Waals surface area contributed by atoms with Crippen LogP contribution in [0.2, 0.25) is 0 Å². The summed E-state index contributed by atoms with van der Waals surface area (Å²) in [5.74, 6) is -2.21. The summed E-state index contributed by atoms with van der Waals surface area (Å²) in [5, 5.41) is 19.7. The molecule has 8 heteroatoms. The minimum absolute atomic E-state index is 0.0001000. The molecule has 2 aromatic heterocycles. The summed E-state index contributed by atoms with van der Waals surface area (Å²) in [6.45, 7) is 0. The van der Waals surface area contributed by atoms with Gasteiger partial charge in [0.2, 0.25) is 0 Å². The van der Waals surface area contributed by atoms with Crippen LogP contribution >= 0.6 is 12.2 Å². The van der Waals surface area contributed by atoms with Gasteiger partial charge in [-0.2, -0.15) is 0 Å². The average Bonchev–Trinajstić information content (AvgIpc) is 2.97. The molecule has 0 aliphatic rings. The number of carboxylic acid groups (broad SMARTS) is 1. The highest BCUT2D eigenvalue weighted by Crippen LogP contribution is 2.26. The number of nitrogens with zero attached hydrogens (tertiary/aromatic N) is 3. The summed E-state index contributed by atoms with van der Waals surface area (Å²) < 4.78 is 3.73. The number of carboxylic acids is 1. The number of aromatic hydroxyl groups is 1. The van der Waals surface area contributed by atoms with Gasteiger partial charge in [-0.1, -0.05) is 30.3 Å². The van der Waals surface area contributed by atoms with Crippen LogP contribution in [0.5, 0.6) is 5.75 Å². The number of aryl methyl sites for hydroxylation is 1. The number of carbonyl (C=O) groups is 2. The summed E-state index contributed by atoms with van der Waals surface area (Å²) in [7, 11) is 1.72. The first-order valence-electron chi connectivity index (χ1n) is 8.64. The van der Waals surface area contributed by atoms with Crippen molar-refractivity contribution in [2.75, 3.05) is 0 Å². The number of phenols is 1. The molecule has 29 heavy (non-hydrogen) atoms. The van der Waals surface area contributed by atoms with Crippen molar-refractivity contribution in [2.45, 2.75) is 0 Å². The van der Waals surface area contributed by atoms with Crippen molar-refractivity contribution < 1.29 is 19.8 Å². The zero-order valence-corrected chi connectivity index (χ0v) is 16.1. The van der Waals surface area contributed by atoms with Crippen molar-refractivity contribution in [3.8, 4) is 11.4 Å². The molecule has 0 spiro atoms. The fourth-order valence-corrected chi connectivity index (χ4v) is 3.49. The topological polar surface area (TPSA) is 97.4 Å². The molecule has 0 aliphatic carbocycles. The van der Waals surface area contributed by atoms with Gasteiger partial charge in [0, 0.05) is 12.7 Å². The SMILES string of the molecule is Cn1c(=S)n(-c2ccccc2)c2nc(C(=O)O)c(C(=O)c3ccccc3O)cc21. The first kappa shape index (κ1) is 18.6. The zero-order chi connectivity index (χ0) is 20.7. The molecule has 0 radical (unpaired) electrons. The Balaban J connectivity index is 2.04.